The van der Waals surface area contributed by atoms with Crippen LogP contribution in [0.4, 0.5) is 13.2 Å². The van der Waals surface area contributed by atoms with Crippen molar-refractivity contribution in [2.75, 3.05) is 0 Å². The normalized spacial score (nSPS) is 24.2. The molecule has 0 heterocycles. The Morgan fingerprint density at radius 2 is 2.08 bits per heavy atom. The van der Waals surface area contributed by atoms with E-state index in [9.17, 15) is 13.2 Å². The summed E-state index contributed by atoms with van der Waals surface area (Å²) in [7, 11) is 0. The molecule has 0 radical (unpaired) electrons. The molecule has 0 unspecified atom stereocenters. The SMILES string of the molecule is C=C(C)C[C@@H]1CC[C@H](C)[C@@H](Oc2ccc(C#N)c(C(F)(F)F)c2)C1. The molecule has 0 aliphatic heterocycles. The first kappa shape index (κ1) is 18.4. The number of halogens is 3. The van der Waals surface area contributed by atoms with Gasteiger partial charge < -0.3 is 4.74 Å². The van der Waals surface area contributed by atoms with Crippen LogP contribution in [-0.2, 0) is 6.18 Å². The van der Waals surface area contributed by atoms with Gasteiger partial charge in [-0.05, 0) is 62.6 Å². The highest BCUT2D eigenvalue weighted by molar-refractivity contribution is 5.44. The molecule has 130 valence electrons. The second-order valence-electron chi connectivity index (χ2n) is 6.79. The molecule has 0 amide bonds. The van der Waals surface area contributed by atoms with E-state index in [4.69, 9.17) is 10.00 Å². The van der Waals surface area contributed by atoms with E-state index < -0.39 is 11.7 Å². The zero-order valence-corrected chi connectivity index (χ0v) is 14.0. The second kappa shape index (κ2) is 7.29. The third-order valence-electron chi connectivity index (χ3n) is 4.57. The van der Waals surface area contributed by atoms with E-state index in [-0.39, 0.29) is 23.3 Å². The molecule has 2 rings (SSSR count). The van der Waals surface area contributed by atoms with Crippen LogP contribution in [0.3, 0.4) is 0 Å². The molecule has 0 aromatic heterocycles. The van der Waals surface area contributed by atoms with Gasteiger partial charge in [-0.25, -0.2) is 0 Å². The largest absolute Gasteiger partial charge is 0.490 e. The summed E-state index contributed by atoms with van der Waals surface area (Å²) in [5.74, 6) is 0.926. The highest BCUT2D eigenvalue weighted by atomic mass is 19.4. The zero-order chi connectivity index (χ0) is 17.9. The molecule has 1 saturated carbocycles. The molecule has 0 saturated heterocycles. The number of hydrogen-bond acceptors (Lipinski definition) is 2. The minimum absolute atomic E-state index is 0.114. The van der Waals surface area contributed by atoms with Gasteiger partial charge in [0.2, 0.25) is 0 Å². The fourth-order valence-corrected chi connectivity index (χ4v) is 3.31. The topological polar surface area (TPSA) is 33.0 Å². The number of allylic oxidation sites excluding steroid dienone is 1. The van der Waals surface area contributed by atoms with Crippen LogP contribution in [0, 0.1) is 23.2 Å². The molecule has 0 spiro atoms. The summed E-state index contributed by atoms with van der Waals surface area (Å²) >= 11 is 0. The van der Waals surface area contributed by atoms with Gasteiger partial charge in [-0.2, -0.15) is 18.4 Å². The lowest BCUT2D eigenvalue weighted by Gasteiger charge is -2.34. The van der Waals surface area contributed by atoms with Crippen molar-refractivity contribution in [1.29, 1.82) is 5.26 Å². The van der Waals surface area contributed by atoms with Crippen molar-refractivity contribution in [3.63, 3.8) is 0 Å². The Morgan fingerprint density at radius 1 is 1.38 bits per heavy atom. The number of benzene rings is 1. The quantitative estimate of drug-likeness (QED) is 0.658. The Hall–Kier alpha value is -1.96. The van der Waals surface area contributed by atoms with Crippen LogP contribution in [0.25, 0.3) is 0 Å². The number of ether oxygens (including phenoxy) is 1. The van der Waals surface area contributed by atoms with Crippen LogP contribution in [0.1, 0.15) is 50.7 Å². The number of rotatable bonds is 4. The summed E-state index contributed by atoms with van der Waals surface area (Å²) in [6.45, 7) is 7.99. The van der Waals surface area contributed by atoms with E-state index in [1.54, 1.807) is 6.07 Å². The molecule has 0 N–H and O–H groups in total. The molecule has 24 heavy (non-hydrogen) atoms. The summed E-state index contributed by atoms with van der Waals surface area (Å²) in [5, 5.41) is 8.86. The van der Waals surface area contributed by atoms with Crippen molar-refractivity contribution >= 4 is 0 Å². The highest BCUT2D eigenvalue weighted by Gasteiger charge is 2.35. The Kier molecular flexibility index (Phi) is 5.58. The smallest absolute Gasteiger partial charge is 0.417 e. The van der Waals surface area contributed by atoms with E-state index in [0.29, 0.717) is 5.92 Å². The minimum Gasteiger partial charge on any atom is -0.490 e. The summed E-state index contributed by atoms with van der Waals surface area (Å²) in [6, 6.07) is 5.15. The Balaban J connectivity index is 2.17. The van der Waals surface area contributed by atoms with E-state index in [0.717, 1.165) is 37.3 Å². The molecule has 1 aromatic carbocycles. The van der Waals surface area contributed by atoms with Gasteiger partial charge in [0.15, 0.2) is 0 Å². The van der Waals surface area contributed by atoms with Crippen molar-refractivity contribution in [3.05, 3.63) is 41.5 Å². The number of nitriles is 1. The van der Waals surface area contributed by atoms with Crippen molar-refractivity contribution in [2.45, 2.75) is 51.8 Å². The molecule has 1 fully saturated rings. The molecular formula is C19H22F3NO. The maximum Gasteiger partial charge on any atom is 0.417 e. The van der Waals surface area contributed by atoms with Crippen LogP contribution >= 0.6 is 0 Å². The molecule has 0 bridgehead atoms. The molecular weight excluding hydrogens is 315 g/mol. The Morgan fingerprint density at radius 3 is 2.67 bits per heavy atom. The molecule has 1 aliphatic carbocycles. The van der Waals surface area contributed by atoms with Gasteiger partial charge in [-0.3, -0.25) is 0 Å². The summed E-state index contributed by atoms with van der Waals surface area (Å²) in [6.07, 6.45) is -0.856. The lowest BCUT2D eigenvalue weighted by Crippen LogP contribution is -2.32. The van der Waals surface area contributed by atoms with Crippen LogP contribution in [0.5, 0.6) is 5.75 Å². The fourth-order valence-electron chi connectivity index (χ4n) is 3.31. The van der Waals surface area contributed by atoms with E-state index >= 15 is 0 Å². The van der Waals surface area contributed by atoms with Crippen molar-refractivity contribution in [2.24, 2.45) is 11.8 Å². The first-order chi connectivity index (χ1) is 11.2. The monoisotopic (exact) mass is 337 g/mol. The Labute approximate surface area is 140 Å². The third kappa shape index (κ3) is 4.53. The van der Waals surface area contributed by atoms with Crippen LogP contribution in [0.15, 0.2) is 30.4 Å². The van der Waals surface area contributed by atoms with Crippen LogP contribution in [0.2, 0.25) is 0 Å². The molecule has 5 heteroatoms. The van der Waals surface area contributed by atoms with Gasteiger partial charge in [0.25, 0.3) is 0 Å². The Bertz CT molecular complexity index is 645. The lowest BCUT2D eigenvalue weighted by atomic mass is 9.78. The molecule has 1 aliphatic rings. The maximum absolute atomic E-state index is 13.1. The van der Waals surface area contributed by atoms with Crippen LogP contribution < -0.4 is 4.74 Å². The molecule has 3 atom stereocenters. The van der Waals surface area contributed by atoms with Crippen molar-refractivity contribution in [3.8, 4) is 11.8 Å². The number of nitrogens with zero attached hydrogens (tertiary/aromatic N) is 1. The predicted octanol–water partition coefficient (Wildman–Crippen LogP) is 5.73. The average Bonchev–Trinajstić information content (AvgIpc) is 2.49. The molecule has 1 aromatic rings. The van der Waals surface area contributed by atoms with Gasteiger partial charge in [0, 0.05) is 0 Å². The first-order valence-electron chi connectivity index (χ1n) is 8.13. The van der Waals surface area contributed by atoms with Gasteiger partial charge in [-0.1, -0.05) is 12.5 Å². The van der Waals surface area contributed by atoms with Crippen LogP contribution in [-0.4, -0.2) is 6.10 Å². The third-order valence-corrected chi connectivity index (χ3v) is 4.57. The number of hydrogen-bond donors (Lipinski definition) is 0. The minimum atomic E-state index is -4.56. The van der Waals surface area contributed by atoms with Crippen molar-refractivity contribution < 1.29 is 17.9 Å². The maximum atomic E-state index is 13.1. The van der Waals surface area contributed by atoms with Crippen molar-refractivity contribution in [1.82, 2.24) is 0 Å². The predicted molar refractivity (Wildman–Crippen MR) is 86.5 cm³/mol. The fraction of sp³-hybridized carbons (Fsp3) is 0.526. The number of alkyl halides is 3. The van der Waals surface area contributed by atoms with E-state index in [1.165, 1.54) is 12.1 Å². The standard InChI is InChI=1S/C19H22F3NO/c1-12(2)8-14-5-4-13(3)18(9-14)24-16-7-6-15(11-23)17(10-16)19(20,21)22/h6-7,10,13-14,18H,1,4-5,8-9H2,2-3H3/t13-,14-,18-/m0/s1. The summed E-state index contributed by atoms with van der Waals surface area (Å²) < 4.78 is 45.1. The highest BCUT2D eigenvalue weighted by Crippen LogP contribution is 2.37. The van der Waals surface area contributed by atoms with Gasteiger partial charge >= 0.3 is 6.18 Å². The zero-order valence-electron chi connectivity index (χ0n) is 14.0. The van der Waals surface area contributed by atoms with E-state index in [1.807, 2.05) is 6.92 Å². The van der Waals surface area contributed by atoms with Gasteiger partial charge in [0.05, 0.1) is 17.2 Å². The van der Waals surface area contributed by atoms with Gasteiger partial charge in [-0.15, -0.1) is 6.58 Å². The average molecular weight is 337 g/mol. The summed E-state index contributed by atoms with van der Waals surface area (Å²) in [5.41, 5.74) is -0.206. The van der Waals surface area contributed by atoms with E-state index in [2.05, 4.69) is 13.5 Å². The lowest BCUT2D eigenvalue weighted by molar-refractivity contribution is -0.138. The first-order valence-corrected chi connectivity index (χ1v) is 8.13. The van der Waals surface area contributed by atoms with Gasteiger partial charge in [0.1, 0.15) is 11.9 Å². The summed E-state index contributed by atoms with van der Waals surface area (Å²) in [4.78, 5) is 0. The second-order valence-corrected chi connectivity index (χ2v) is 6.79. The molecule has 2 nitrogen and oxygen atoms in total.